The zero-order valence-corrected chi connectivity index (χ0v) is 19.0. The third kappa shape index (κ3) is 5.85. The molecule has 0 radical (unpaired) electrons. The van der Waals surface area contributed by atoms with Gasteiger partial charge in [-0.2, -0.15) is 23.3 Å². The van der Waals surface area contributed by atoms with Gasteiger partial charge in [0.15, 0.2) is 0 Å². The molecule has 1 aliphatic heterocycles. The highest BCUT2D eigenvalue weighted by Crippen LogP contribution is 2.30. The van der Waals surface area contributed by atoms with E-state index in [0.29, 0.717) is 30.9 Å². The number of carboxylic acid groups (broad SMARTS) is 1. The first-order valence-corrected chi connectivity index (χ1v) is 11.3. The lowest BCUT2D eigenvalue weighted by atomic mass is 10.1. The number of halogens is 4. The van der Waals surface area contributed by atoms with E-state index in [1.54, 1.807) is 6.20 Å². The Bertz CT molecular complexity index is 1410. The minimum atomic E-state index is -5.08. The second-order valence-electron chi connectivity index (χ2n) is 7.57. The van der Waals surface area contributed by atoms with Gasteiger partial charge in [0.1, 0.15) is 28.7 Å². The van der Waals surface area contributed by atoms with Crippen LogP contribution in [0.15, 0.2) is 40.6 Å². The molecule has 15 heteroatoms. The predicted octanol–water partition coefficient (Wildman–Crippen LogP) is 3.15. The summed E-state index contributed by atoms with van der Waals surface area (Å²) in [4.78, 5) is 32.3. The van der Waals surface area contributed by atoms with Gasteiger partial charge in [-0.25, -0.2) is 14.2 Å². The maximum atomic E-state index is 14.1. The Labute approximate surface area is 203 Å². The van der Waals surface area contributed by atoms with Crippen LogP contribution in [-0.4, -0.2) is 67.8 Å². The molecule has 1 saturated heterocycles. The van der Waals surface area contributed by atoms with Gasteiger partial charge in [-0.3, -0.25) is 14.9 Å². The summed E-state index contributed by atoms with van der Waals surface area (Å²) in [5, 5.41) is 21.1. The van der Waals surface area contributed by atoms with E-state index in [2.05, 4.69) is 30.5 Å². The number of aromatic amines is 2. The second-order valence-corrected chi connectivity index (χ2v) is 8.47. The van der Waals surface area contributed by atoms with Crippen molar-refractivity contribution < 1.29 is 32.2 Å². The first-order chi connectivity index (χ1) is 17.1. The normalized spacial score (nSPS) is 17.9. The highest BCUT2D eigenvalue weighted by atomic mass is 32.1. The van der Waals surface area contributed by atoms with Crippen LogP contribution >= 0.6 is 11.3 Å². The molecule has 3 aromatic heterocycles. The molecule has 1 fully saturated rings. The largest absolute Gasteiger partial charge is 0.490 e. The molecule has 0 aliphatic carbocycles. The number of alkyl halides is 4. The molecule has 4 aromatic rings. The van der Waals surface area contributed by atoms with Crippen molar-refractivity contribution in [1.82, 2.24) is 30.5 Å². The predicted molar refractivity (Wildman–Crippen MR) is 122 cm³/mol. The fourth-order valence-electron chi connectivity index (χ4n) is 3.38. The molecule has 1 aromatic carbocycles. The van der Waals surface area contributed by atoms with Crippen LogP contribution in [0.4, 0.5) is 17.6 Å². The number of ether oxygens (including phenoxy) is 1. The lowest BCUT2D eigenvalue weighted by Crippen LogP contribution is -2.45. The summed E-state index contributed by atoms with van der Waals surface area (Å²) in [7, 11) is 0. The van der Waals surface area contributed by atoms with E-state index < -0.39 is 30.0 Å². The van der Waals surface area contributed by atoms with E-state index in [-0.39, 0.29) is 6.01 Å². The quantitative estimate of drug-likeness (QED) is 0.297. The van der Waals surface area contributed by atoms with E-state index in [4.69, 9.17) is 14.6 Å². The lowest BCUT2D eigenvalue weighted by Gasteiger charge is -2.26. The summed E-state index contributed by atoms with van der Waals surface area (Å²) in [6.45, 7) is 0.962. The van der Waals surface area contributed by atoms with Gasteiger partial charge >= 0.3 is 12.1 Å². The topological polar surface area (TPSA) is 146 Å². The Morgan fingerprint density at radius 3 is 2.69 bits per heavy atom. The monoisotopic (exact) mass is 526 g/mol. The molecule has 0 amide bonds. The molecule has 0 bridgehead atoms. The number of benzene rings is 1. The maximum Gasteiger partial charge on any atom is 0.490 e. The second kappa shape index (κ2) is 10.4. The number of hydrogen-bond acceptors (Lipinski definition) is 8. The first-order valence-electron chi connectivity index (χ1n) is 10.4. The molecule has 5 rings (SSSR count). The number of carbonyl (C=O) groups is 1. The van der Waals surface area contributed by atoms with Crippen molar-refractivity contribution in [3.8, 4) is 28.0 Å². The van der Waals surface area contributed by atoms with Crippen LogP contribution < -0.4 is 15.6 Å². The van der Waals surface area contributed by atoms with Gasteiger partial charge in [0.05, 0.1) is 5.52 Å². The summed E-state index contributed by atoms with van der Waals surface area (Å²) < 4.78 is 51.5. The van der Waals surface area contributed by atoms with E-state index in [0.717, 1.165) is 21.5 Å². The number of rotatable bonds is 4. The number of piperidine rings is 1. The van der Waals surface area contributed by atoms with Crippen LogP contribution in [0, 0.1) is 0 Å². The highest BCUT2D eigenvalue weighted by Gasteiger charge is 2.38. The van der Waals surface area contributed by atoms with Gasteiger partial charge in [-0.15, -0.1) is 11.3 Å². The van der Waals surface area contributed by atoms with Crippen molar-refractivity contribution in [1.29, 1.82) is 0 Å². The van der Waals surface area contributed by atoms with Crippen molar-refractivity contribution in [3.63, 3.8) is 0 Å². The molecule has 4 heterocycles. The number of carboxylic acids is 1. The summed E-state index contributed by atoms with van der Waals surface area (Å²) in [6, 6.07) is 7.16. The van der Waals surface area contributed by atoms with E-state index >= 15 is 0 Å². The van der Waals surface area contributed by atoms with Gasteiger partial charge in [0.2, 0.25) is 0 Å². The number of hydrogen-bond donors (Lipinski definition) is 4. The summed E-state index contributed by atoms with van der Waals surface area (Å²) >= 11 is 1.54. The van der Waals surface area contributed by atoms with Gasteiger partial charge in [-0.1, -0.05) is 0 Å². The Balaban J connectivity index is 0.000000384. The average molecular weight is 526 g/mol. The summed E-state index contributed by atoms with van der Waals surface area (Å²) in [5.41, 5.74) is 2.24. The van der Waals surface area contributed by atoms with E-state index in [1.807, 2.05) is 23.6 Å². The average Bonchev–Trinajstić information content (AvgIpc) is 3.50. The lowest BCUT2D eigenvalue weighted by molar-refractivity contribution is -0.192. The smallest absolute Gasteiger partial charge is 0.475 e. The molecule has 2 atom stereocenters. The van der Waals surface area contributed by atoms with Crippen LogP contribution in [0.25, 0.3) is 32.9 Å². The third-order valence-corrected chi connectivity index (χ3v) is 5.88. The molecule has 4 N–H and O–H groups in total. The Morgan fingerprint density at radius 1 is 1.25 bits per heavy atom. The SMILES string of the molecule is O=C(O)C(F)(F)F.O=c1cc(-c2n[nH]c3ccc(-c4nccs4)cc23)nc(O[C@@H]2CNCC[C@H]2F)[nH]1. The molecule has 0 saturated carbocycles. The minimum Gasteiger partial charge on any atom is -0.475 e. The molecular weight excluding hydrogens is 508 g/mol. The Kier molecular flexibility index (Phi) is 7.30. The van der Waals surface area contributed by atoms with Gasteiger partial charge in [0.25, 0.3) is 11.6 Å². The van der Waals surface area contributed by atoms with E-state index in [9.17, 15) is 22.4 Å². The highest BCUT2D eigenvalue weighted by molar-refractivity contribution is 7.13. The molecule has 1 aliphatic rings. The van der Waals surface area contributed by atoms with Gasteiger partial charge in [0, 0.05) is 35.1 Å². The van der Waals surface area contributed by atoms with Gasteiger partial charge in [-0.05, 0) is 31.2 Å². The van der Waals surface area contributed by atoms with Crippen molar-refractivity contribution in [3.05, 3.63) is 46.2 Å². The standard InChI is InChI=1S/C19H17FN6O2S.C2HF3O2/c20-12-3-4-21-9-15(12)28-19-23-14(8-16(27)24-19)17-11-7-10(18-22-5-6-29-18)1-2-13(11)25-26-17;3-2(4,5)1(6)7/h1-2,5-8,12,15,21H,3-4,9H2,(H,25,26)(H,23,24,27);(H,6,7)/t12-,15-;/m1./s1. The molecular formula is C21H18F4N6O4S. The van der Waals surface area contributed by atoms with Gasteiger partial charge < -0.3 is 15.2 Å². The number of nitrogens with one attached hydrogen (secondary N) is 3. The molecule has 0 spiro atoms. The first kappa shape index (κ1) is 25.2. The fourth-order valence-corrected chi connectivity index (χ4v) is 4.01. The number of fused-ring (bicyclic) bond motifs is 1. The Morgan fingerprint density at radius 2 is 2.03 bits per heavy atom. The van der Waals surface area contributed by atoms with Crippen molar-refractivity contribution in [2.75, 3.05) is 13.1 Å². The number of aromatic nitrogens is 5. The van der Waals surface area contributed by atoms with Crippen molar-refractivity contribution in [2.24, 2.45) is 0 Å². The molecule has 10 nitrogen and oxygen atoms in total. The summed E-state index contributed by atoms with van der Waals surface area (Å²) in [5.74, 6) is -2.76. The van der Waals surface area contributed by atoms with E-state index in [1.165, 1.54) is 17.4 Å². The van der Waals surface area contributed by atoms with Crippen LogP contribution in [0.2, 0.25) is 0 Å². The number of H-pyrrole nitrogens is 2. The molecule has 36 heavy (non-hydrogen) atoms. The van der Waals surface area contributed by atoms with Crippen LogP contribution in [0.1, 0.15) is 6.42 Å². The Hall–Kier alpha value is -3.85. The zero-order valence-electron chi connectivity index (χ0n) is 18.2. The fraction of sp³-hybridized carbons (Fsp3) is 0.286. The minimum absolute atomic E-state index is 0.0175. The van der Waals surface area contributed by atoms with Crippen molar-refractivity contribution >= 4 is 28.2 Å². The van der Waals surface area contributed by atoms with Crippen LogP contribution in [0.3, 0.4) is 0 Å². The number of nitrogens with zero attached hydrogens (tertiary/aromatic N) is 3. The van der Waals surface area contributed by atoms with Crippen molar-refractivity contribution in [2.45, 2.75) is 24.9 Å². The van der Waals surface area contributed by atoms with Crippen LogP contribution in [-0.2, 0) is 4.79 Å². The van der Waals surface area contributed by atoms with Crippen LogP contribution in [0.5, 0.6) is 6.01 Å². The maximum absolute atomic E-state index is 14.1. The zero-order chi connectivity index (χ0) is 25.9. The number of aliphatic carboxylic acids is 1. The molecule has 0 unspecified atom stereocenters. The number of thiazole rings is 1. The molecule has 190 valence electrons. The summed E-state index contributed by atoms with van der Waals surface area (Å²) in [6.07, 6.45) is -4.79. The third-order valence-electron chi connectivity index (χ3n) is 5.06.